The Morgan fingerprint density at radius 3 is 1.53 bits per heavy atom. The highest BCUT2D eigenvalue weighted by Crippen LogP contribution is 2.46. The molecule has 1 aromatic heterocycles. The molecule has 0 saturated carbocycles. The molecule has 0 aliphatic carbocycles. The fraction of sp³-hybridized carbons (Fsp3) is 0.694. The van der Waals surface area contributed by atoms with E-state index in [9.17, 15) is 0 Å². The lowest BCUT2D eigenvalue weighted by molar-refractivity contribution is 0.271. The summed E-state index contributed by atoms with van der Waals surface area (Å²) in [5, 5.41) is 0. The maximum Gasteiger partial charge on any atom is 0.122 e. The molecule has 0 N–H and O–H groups in total. The molecule has 0 amide bonds. The van der Waals surface area contributed by atoms with Crippen LogP contribution >= 0.6 is 0 Å². The average Bonchev–Trinajstić information content (AvgIpc) is 2.99. The van der Waals surface area contributed by atoms with Crippen molar-refractivity contribution in [2.45, 2.75) is 155 Å². The summed E-state index contributed by atoms with van der Waals surface area (Å²) in [6.45, 7) is 23.4. The SMILES string of the molecule is CCC(C)(CC)c1ccc(C(CC)(CC)CCC(CC)(CC)c2ccc(C(C)(CC)CC)c(OC)c2)nc1. The smallest absolute Gasteiger partial charge is 0.122 e. The summed E-state index contributed by atoms with van der Waals surface area (Å²) in [5.74, 6) is 1.06. The van der Waals surface area contributed by atoms with Crippen molar-refractivity contribution >= 4 is 0 Å². The summed E-state index contributed by atoms with van der Waals surface area (Å²) in [6.07, 6.45) is 13.5. The Labute approximate surface area is 236 Å². The number of hydrogen-bond donors (Lipinski definition) is 0. The number of nitrogens with zero attached hydrogens (tertiary/aromatic N) is 1. The lowest BCUT2D eigenvalue weighted by Crippen LogP contribution is -2.32. The highest BCUT2D eigenvalue weighted by molar-refractivity contribution is 5.45. The second kappa shape index (κ2) is 13.5. The van der Waals surface area contributed by atoms with E-state index in [0.717, 1.165) is 70.0 Å². The summed E-state index contributed by atoms with van der Waals surface area (Å²) >= 11 is 0. The molecular weight excluding hydrogens is 462 g/mol. The van der Waals surface area contributed by atoms with E-state index in [2.05, 4.69) is 106 Å². The fourth-order valence-electron chi connectivity index (χ4n) is 6.60. The van der Waals surface area contributed by atoms with Gasteiger partial charge in [0.05, 0.1) is 7.11 Å². The van der Waals surface area contributed by atoms with Crippen LogP contribution in [0.1, 0.15) is 156 Å². The van der Waals surface area contributed by atoms with Crippen LogP contribution in [0.25, 0.3) is 0 Å². The van der Waals surface area contributed by atoms with Crippen molar-refractivity contribution in [3.8, 4) is 5.75 Å². The van der Waals surface area contributed by atoms with E-state index in [1.165, 1.54) is 22.4 Å². The van der Waals surface area contributed by atoms with Crippen LogP contribution in [-0.2, 0) is 21.7 Å². The Morgan fingerprint density at radius 2 is 1.11 bits per heavy atom. The lowest BCUT2D eigenvalue weighted by Gasteiger charge is -2.39. The van der Waals surface area contributed by atoms with Crippen molar-refractivity contribution in [2.24, 2.45) is 0 Å². The number of methoxy groups -OCH3 is 1. The van der Waals surface area contributed by atoms with Crippen LogP contribution in [0.4, 0.5) is 0 Å². The van der Waals surface area contributed by atoms with E-state index in [-0.39, 0.29) is 21.7 Å². The van der Waals surface area contributed by atoms with Gasteiger partial charge in [-0.1, -0.05) is 87.4 Å². The topological polar surface area (TPSA) is 22.1 Å². The van der Waals surface area contributed by atoms with Crippen LogP contribution in [0.15, 0.2) is 36.5 Å². The van der Waals surface area contributed by atoms with Gasteiger partial charge < -0.3 is 4.74 Å². The predicted molar refractivity (Wildman–Crippen MR) is 167 cm³/mol. The Kier molecular flexibility index (Phi) is 11.5. The first-order valence-corrected chi connectivity index (χ1v) is 15.7. The number of pyridine rings is 1. The number of benzene rings is 1. The molecule has 0 bridgehead atoms. The molecule has 2 heteroatoms. The molecule has 0 aliphatic rings. The van der Waals surface area contributed by atoms with E-state index in [1.54, 1.807) is 0 Å². The summed E-state index contributed by atoms with van der Waals surface area (Å²) < 4.78 is 6.02. The first kappa shape index (κ1) is 32.4. The molecule has 2 aromatic rings. The Hall–Kier alpha value is -1.83. The minimum atomic E-state index is 0.107. The molecule has 0 spiro atoms. The van der Waals surface area contributed by atoms with Gasteiger partial charge in [-0.3, -0.25) is 4.98 Å². The van der Waals surface area contributed by atoms with Crippen LogP contribution in [0.2, 0.25) is 0 Å². The second-order valence-corrected chi connectivity index (χ2v) is 12.4. The molecule has 0 unspecified atom stereocenters. The van der Waals surface area contributed by atoms with Crippen LogP contribution < -0.4 is 4.74 Å². The summed E-state index contributed by atoms with van der Waals surface area (Å²) in [5.41, 5.74) is 6.04. The quantitative estimate of drug-likeness (QED) is 0.219. The van der Waals surface area contributed by atoms with E-state index in [4.69, 9.17) is 9.72 Å². The lowest BCUT2D eigenvalue weighted by atomic mass is 9.66. The van der Waals surface area contributed by atoms with Crippen molar-refractivity contribution in [1.29, 1.82) is 0 Å². The molecular formula is C36H59NO. The maximum atomic E-state index is 6.02. The van der Waals surface area contributed by atoms with Crippen LogP contribution in [0.5, 0.6) is 5.75 Å². The van der Waals surface area contributed by atoms with E-state index in [1.807, 2.05) is 7.11 Å². The standard InChI is InChI=1S/C36H59NO/c1-12-33(9,13-2)29-21-23-32(37-27-29)36(18-7,19-8)25-24-35(16-5,17-6)28-20-22-30(31(26-28)38-11)34(10,14-3)15-4/h20-23,26-27H,12-19,24-25H2,1-11H3. The van der Waals surface area contributed by atoms with Gasteiger partial charge in [0.15, 0.2) is 0 Å². The van der Waals surface area contributed by atoms with Crippen molar-refractivity contribution < 1.29 is 4.74 Å². The third-order valence-electron chi connectivity index (χ3n) is 11.4. The van der Waals surface area contributed by atoms with Crippen molar-refractivity contribution in [3.05, 3.63) is 58.9 Å². The third kappa shape index (κ3) is 6.15. The van der Waals surface area contributed by atoms with Crippen molar-refractivity contribution in [3.63, 3.8) is 0 Å². The van der Waals surface area contributed by atoms with Gasteiger partial charge in [-0.25, -0.2) is 0 Å². The minimum absolute atomic E-state index is 0.107. The number of aromatic nitrogens is 1. The van der Waals surface area contributed by atoms with Crippen molar-refractivity contribution in [1.82, 2.24) is 4.98 Å². The molecule has 38 heavy (non-hydrogen) atoms. The molecule has 0 aliphatic heterocycles. The Bertz CT molecular complexity index is 973. The molecule has 2 rings (SSSR count). The fourth-order valence-corrected chi connectivity index (χ4v) is 6.60. The van der Waals surface area contributed by atoms with E-state index >= 15 is 0 Å². The molecule has 2 nitrogen and oxygen atoms in total. The number of ether oxygens (including phenoxy) is 1. The Balaban J connectivity index is 2.46. The molecule has 0 fully saturated rings. The van der Waals surface area contributed by atoms with E-state index in [0.29, 0.717) is 0 Å². The first-order valence-electron chi connectivity index (χ1n) is 15.7. The van der Waals surface area contributed by atoms with Gasteiger partial charge in [-0.15, -0.1) is 0 Å². The zero-order valence-electron chi connectivity index (χ0n) is 26.9. The number of hydrogen-bond acceptors (Lipinski definition) is 2. The summed E-state index contributed by atoms with van der Waals surface area (Å²) in [7, 11) is 1.84. The molecule has 0 saturated heterocycles. The first-order chi connectivity index (χ1) is 18.1. The van der Waals surface area contributed by atoms with Crippen LogP contribution in [-0.4, -0.2) is 12.1 Å². The monoisotopic (exact) mass is 521 g/mol. The van der Waals surface area contributed by atoms with Gasteiger partial charge in [0.25, 0.3) is 0 Å². The highest BCUT2D eigenvalue weighted by atomic mass is 16.5. The summed E-state index contributed by atoms with van der Waals surface area (Å²) in [4.78, 5) is 5.14. The van der Waals surface area contributed by atoms with Crippen LogP contribution in [0, 0.1) is 0 Å². The van der Waals surface area contributed by atoms with Gasteiger partial charge >= 0.3 is 0 Å². The molecule has 1 aromatic carbocycles. The zero-order chi connectivity index (χ0) is 28.6. The van der Waals surface area contributed by atoms with E-state index < -0.39 is 0 Å². The minimum Gasteiger partial charge on any atom is -0.496 e. The van der Waals surface area contributed by atoms with Gasteiger partial charge in [0.2, 0.25) is 0 Å². The molecule has 0 atom stereocenters. The Morgan fingerprint density at radius 1 is 0.605 bits per heavy atom. The second-order valence-electron chi connectivity index (χ2n) is 12.4. The number of rotatable bonds is 16. The zero-order valence-corrected chi connectivity index (χ0v) is 26.9. The van der Waals surface area contributed by atoms with Gasteiger partial charge in [0, 0.05) is 22.9 Å². The largest absolute Gasteiger partial charge is 0.496 e. The highest BCUT2D eigenvalue weighted by Gasteiger charge is 2.37. The summed E-state index contributed by atoms with van der Waals surface area (Å²) in [6, 6.07) is 11.9. The maximum absolute atomic E-state index is 6.02. The van der Waals surface area contributed by atoms with Crippen molar-refractivity contribution in [2.75, 3.05) is 7.11 Å². The average molecular weight is 522 g/mol. The molecule has 214 valence electrons. The third-order valence-corrected chi connectivity index (χ3v) is 11.4. The molecule has 0 radical (unpaired) electrons. The van der Waals surface area contributed by atoms with Crippen LogP contribution in [0.3, 0.4) is 0 Å². The van der Waals surface area contributed by atoms with Gasteiger partial charge in [0.1, 0.15) is 5.75 Å². The van der Waals surface area contributed by atoms with Gasteiger partial charge in [-0.2, -0.15) is 0 Å². The predicted octanol–water partition coefficient (Wildman–Crippen LogP) is 10.8. The van der Waals surface area contributed by atoms with Gasteiger partial charge in [-0.05, 0) is 104 Å². The normalized spacial score (nSPS) is 13.1. The molecule has 1 heterocycles.